The van der Waals surface area contributed by atoms with Crippen LogP contribution in [0, 0.1) is 5.92 Å². The Labute approximate surface area is 82.9 Å². The number of hydrogen-bond acceptors (Lipinski definition) is 2. The molecule has 1 saturated carbocycles. The predicted molar refractivity (Wildman–Crippen MR) is 51.8 cm³/mol. The molecule has 0 bridgehead atoms. The Morgan fingerprint density at radius 1 is 1.21 bits per heavy atom. The maximum atomic E-state index is 11.6. The summed E-state index contributed by atoms with van der Waals surface area (Å²) in [6.45, 7) is 0.584. The zero-order chi connectivity index (χ0) is 9.60. The van der Waals surface area contributed by atoms with Crippen molar-refractivity contribution in [1.29, 1.82) is 0 Å². The summed E-state index contributed by atoms with van der Waals surface area (Å²) in [5.41, 5.74) is 0.861. The van der Waals surface area contributed by atoms with E-state index >= 15 is 0 Å². The monoisotopic (exact) mass is 188 g/mol. The zero-order valence-corrected chi connectivity index (χ0v) is 7.90. The van der Waals surface area contributed by atoms with Crippen molar-refractivity contribution >= 4 is 5.97 Å². The Morgan fingerprint density at radius 2 is 1.93 bits per heavy atom. The van der Waals surface area contributed by atoms with Crippen LogP contribution in [0.1, 0.15) is 18.4 Å². The third kappa shape index (κ3) is 0.884. The lowest BCUT2D eigenvalue weighted by Crippen LogP contribution is -2.53. The normalized spacial score (nSPS) is 30.7. The highest BCUT2D eigenvalue weighted by Gasteiger charge is 2.59. The Balaban J connectivity index is 2.04. The quantitative estimate of drug-likeness (QED) is 0.662. The molecule has 14 heavy (non-hydrogen) atoms. The average molecular weight is 188 g/mol. The Kier molecular flexibility index (Phi) is 1.49. The first-order chi connectivity index (χ1) is 6.84. The lowest BCUT2D eigenvalue weighted by molar-refractivity contribution is -0.175. The van der Waals surface area contributed by atoms with E-state index in [9.17, 15) is 4.79 Å². The molecule has 0 amide bonds. The number of benzene rings is 1. The summed E-state index contributed by atoms with van der Waals surface area (Å²) in [4.78, 5) is 11.6. The van der Waals surface area contributed by atoms with Gasteiger partial charge in [-0.05, 0) is 24.3 Å². The molecule has 1 aromatic carbocycles. The van der Waals surface area contributed by atoms with E-state index in [-0.39, 0.29) is 11.4 Å². The SMILES string of the molecule is O=C1OCC1(c1ccccc1)C1CC1. The second-order valence-electron chi connectivity index (χ2n) is 4.19. The molecule has 1 heterocycles. The van der Waals surface area contributed by atoms with Crippen molar-refractivity contribution in [3.8, 4) is 0 Å². The van der Waals surface area contributed by atoms with E-state index < -0.39 is 0 Å². The van der Waals surface area contributed by atoms with Gasteiger partial charge in [0.05, 0.1) is 0 Å². The van der Waals surface area contributed by atoms with Crippen LogP contribution in [0.5, 0.6) is 0 Å². The Hall–Kier alpha value is -1.31. The van der Waals surface area contributed by atoms with E-state index in [1.54, 1.807) is 0 Å². The summed E-state index contributed by atoms with van der Waals surface area (Å²) in [7, 11) is 0. The molecule has 1 saturated heterocycles. The number of esters is 1. The van der Waals surface area contributed by atoms with E-state index in [0.717, 1.165) is 5.56 Å². The summed E-state index contributed by atoms with van der Waals surface area (Å²) >= 11 is 0. The Morgan fingerprint density at radius 3 is 2.36 bits per heavy atom. The summed E-state index contributed by atoms with van der Waals surface area (Å²) in [5, 5.41) is 0. The number of rotatable bonds is 2. The van der Waals surface area contributed by atoms with Crippen LogP contribution in [0.15, 0.2) is 30.3 Å². The van der Waals surface area contributed by atoms with Crippen molar-refractivity contribution in [2.24, 2.45) is 5.92 Å². The van der Waals surface area contributed by atoms with Crippen molar-refractivity contribution in [2.75, 3.05) is 6.61 Å². The third-order valence-corrected chi connectivity index (χ3v) is 3.36. The molecule has 0 radical (unpaired) electrons. The number of cyclic esters (lactones) is 1. The van der Waals surface area contributed by atoms with Crippen LogP contribution in [0.3, 0.4) is 0 Å². The average Bonchev–Trinajstić information content (AvgIpc) is 3.03. The molecule has 1 aliphatic heterocycles. The lowest BCUT2D eigenvalue weighted by Gasteiger charge is -2.39. The number of carbonyl (C=O) groups is 1. The topological polar surface area (TPSA) is 26.3 Å². The van der Waals surface area contributed by atoms with Crippen LogP contribution in [-0.2, 0) is 14.9 Å². The minimum absolute atomic E-state index is 0.0220. The fourth-order valence-electron chi connectivity index (χ4n) is 2.32. The molecular weight excluding hydrogens is 176 g/mol. The molecule has 1 atom stereocenters. The van der Waals surface area contributed by atoms with Crippen LogP contribution in [0.4, 0.5) is 0 Å². The summed E-state index contributed by atoms with van der Waals surface area (Å²) < 4.78 is 4.96. The van der Waals surface area contributed by atoms with Gasteiger partial charge in [-0.25, -0.2) is 0 Å². The molecule has 3 rings (SSSR count). The summed E-state index contributed by atoms with van der Waals surface area (Å²) in [6, 6.07) is 10.0. The van der Waals surface area contributed by atoms with Crippen LogP contribution in [0.2, 0.25) is 0 Å². The molecule has 0 aromatic heterocycles. The molecule has 2 fully saturated rings. The van der Waals surface area contributed by atoms with Gasteiger partial charge in [0.15, 0.2) is 0 Å². The maximum absolute atomic E-state index is 11.6. The standard InChI is InChI=1S/C12H12O2/c13-11-12(8-14-11,10-6-7-10)9-4-2-1-3-5-9/h1-5,10H,6-8H2. The number of ether oxygens (including phenoxy) is 1. The molecule has 2 heteroatoms. The van der Waals surface area contributed by atoms with E-state index in [4.69, 9.17) is 4.74 Å². The van der Waals surface area contributed by atoms with Gasteiger partial charge in [0.1, 0.15) is 12.0 Å². The van der Waals surface area contributed by atoms with Crippen LogP contribution >= 0.6 is 0 Å². The molecule has 2 aliphatic rings. The molecule has 0 N–H and O–H groups in total. The lowest BCUT2D eigenvalue weighted by atomic mass is 9.73. The van der Waals surface area contributed by atoms with Gasteiger partial charge in [-0.2, -0.15) is 0 Å². The molecule has 2 nitrogen and oxygen atoms in total. The van der Waals surface area contributed by atoms with Gasteiger partial charge in [-0.1, -0.05) is 30.3 Å². The van der Waals surface area contributed by atoms with Gasteiger partial charge in [0, 0.05) is 0 Å². The van der Waals surface area contributed by atoms with Gasteiger partial charge in [-0.15, -0.1) is 0 Å². The van der Waals surface area contributed by atoms with Crippen LogP contribution in [-0.4, -0.2) is 12.6 Å². The molecule has 1 unspecified atom stereocenters. The first-order valence-corrected chi connectivity index (χ1v) is 5.07. The van der Waals surface area contributed by atoms with Crippen LogP contribution < -0.4 is 0 Å². The van der Waals surface area contributed by atoms with E-state index in [2.05, 4.69) is 0 Å². The second kappa shape index (κ2) is 2.59. The van der Waals surface area contributed by atoms with Gasteiger partial charge in [0.25, 0.3) is 0 Å². The van der Waals surface area contributed by atoms with Gasteiger partial charge in [-0.3, -0.25) is 4.79 Å². The van der Waals surface area contributed by atoms with E-state index in [0.29, 0.717) is 12.5 Å². The summed E-state index contributed by atoms with van der Waals surface area (Å²) in [5.74, 6) is 0.511. The molecule has 72 valence electrons. The smallest absolute Gasteiger partial charge is 0.320 e. The van der Waals surface area contributed by atoms with Crippen molar-refractivity contribution in [1.82, 2.24) is 0 Å². The molecule has 0 spiro atoms. The molecule has 1 aromatic rings. The van der Waals surface area contributed by atoms with Crippen LogP contribution in [0.25, 0.3) is 0 Å². The first kappa shape index (κ1) is 8.04. The summed E-state index contributed by atoms with van der Waals surface area (Å²) in [6.07, 6.45) is 2.34. The maximum Gasteiger partial charge on any atom is 0.320 e. The third-order valence-electron chi connectivity index (χ3n) is 3.36. The highest BCUT2D eigenvalue weighted by molar-refractivity contribution is 5.89. The van der Waals surface area contributed by atoms with Crippen molar-refractivity contribution in [3.05, 3.63) is 35.9 Å². The first-order valence-electron chi connectivity index (χ1n) is 5.07. The fraction of sp³-hybridized carbons (Fsp3) is 0.417. The molecule has 1 aliphatic carbocycles. The van der Waals surface area contributed by atoms with Crippen molar-refractivity contribution in [3.63, 3.8) is 0 Å². The van der Waals surface area contributed by atoms with Gasteiger partial charge >= 0.3 is 5.97 Å². The van der Waals surface area contributed by atoms with Crippen molar-refractivity contribution in [2.45, 2.75) is 18.3 Å². The van der Waals surface area contributed by atoms with Gasteiger partial charge < -0.3 is 4.74 Å². The zero-order valence-electron chi connectivity index (χ0n) is 7.90. The van der Waals surface area contributed by atoms with Gasteiger partial charge in [0.2, 0.25) is 0 Å². The highest BCUT2D eigenvalue weighted by Crippen LogP contribution is 2.52. The minimum Gasteiger partial charge on any atom is -0.463 e. The van der Waals surface area contributed by atoms with E-state index in [1.807, 2.05) is 30.3 Å². The number of hydrogen-bond donors (Lipinski definition) is 0. The Bertz CT molecular complexity index is 367. The molecular formula is C12H12O2. The van der Waals surface area contributed by atoms with Crippen molar-refractivity contribution < 1.29 is 9.53 Å². The highest BCUT2D eigenvalue weighted by atomic mass is 16.6. The number of carbonyl (C=O) groups excluding carboxylic acids is 1. The van der Waals surface area contributed by atoms with E-state index in [1.165, 1.54) is 12.8 Å². The second-order valence-corrected chi connectivity index (χ2v) is 4.19. The fourth-order valence-corrected chi connectivity index (χ4v) is 2.32. The minimum atomic E-state index is -0.277. The largest absolute Gasteiger partial charge is 0.463 e. The predicted octanol–water partition coefficient (Wildman–Crippen LogP) is 1.89.